The molecule has 1 fully saturated rings. The second-order valence-electron chi connectivity index (χ2n) is 8.93. The van der Waals surface area contributed by atoms with E-state index in [1.807, 2.05) is 0 Å². The largest absolute Gasteiger partial charge is 0.469 e. The first-order valence-corrected chi connectivity index (χ1v) is 11.9. The van der Waals surface area contributed by atoms with Crippen LogP contribution in [0.4, 0.5) is 11.5 Å². The standard InChI is InChI=1S/C18H20N4O.C9H7NO2/c19-17-16-18(21-11-20-17)23-10-15(22-16)14-8-6-13(7-9-14)12-4-2-1-3-5-12;1-10-8(11)6-4-2-3-5-7(6)9(10)12/h6-9,11-12H,1-5,10H2,(H2,19,20,21);2-5H,1H3. The number of nitrogens with two attached hydrogens (primary N) is 1. The minimum atomic E-state index is -0.212. The second-order valence-corrected chi connectivity index (χ2v) is 8.93. The molecule has 2 amide bonds. The van der Waals surface area contributed by atoms with Crippen molar-refractivity contribution in [2.24, 2.45) is 4.99 Å². The number of anilines is 1. The highest BCUT2D eigenvalue weighted by Crippen LogP contribution is 2.35. The topological polar surface area (TPSA) is 111 Å². The summed E-state index contributed by atoms with van der Waals surface area (Å²) in [5, 5.41) is 0. The van der Waals surface area contributed by atoms with Crippen molar-refractivity contribution in [3.05, 3.63) is 77.1 Å². The Bertz CT molecular complexity index is 1260. The van der Waals surface area contributed by atoms with Crippen molar-refractivity contribution in [2.45, 2.75) is 38.0 Å². The van der Waals surface area contributed by atoms with Crippen molar-refractivity contribution in [1.29, 1.82) is 0 Å². The van der Waals surface area contributed by atoms with Crippen molar-refractivity contribution >= 4 is 29.0 Å². The van der Waals surface area contributed by atoms with Gasteiger partial charge in [0, 0.05) is 7.05 Å². The first kappa shape index (κ1) is 22.7. The number of ether oxygens (including phenoxy) is 1. The lowest BCUT2D eigenvalue weighted by Gasteiger charge is -2.22. The van der Waals surface area contributed by atoms with Gasteiger partial charge in [-0.3, -0.25) is 14.5 Å². The van der Waals surface area contributed by atoms with E-state index in [2.05, 4.69) is 39.2 Å². The van der Waals surface area contributed by atoms with Gasteiger partial charge in [0.2, 0.25) is 5.88 Å². The van der Waals surface area contributed by atoms with Crippen molar-refractivity contribution in [3.8, 4) is 5.88 Å². The molecule has 2 aliphatic heterocycles. The Morgan fingerprint density at radius 1 is 0.914 bits per heavy atom. The molecule has 178 valence electrons. The molecule has 35 heavy (non-hydrogen) atoms. The van der Waals surface area contributed by atoms with Gasteiger partial charge in [-0.2, -0.15) is 4.98 Å². The Hall–Kier alpha value is -4.07. The number of carbonyl (C=O) groups excluding carboxylic acids is 2. The SMILES string of the molecule is CN1C(=O)c2ccccc2C1=O.Nc1ncnc2c1N=C(c1ccc(C3CCCCC3)cc1)CO2. The minimum Gasteiger partial charge on any atom is -0.469 e. The van der Waals surface area contributed by atoms with Crippen molar-refractivity contribution in [1.82, 2.24) is 14.9 Å². The van der Waals surface area contributed by atoms with E-state index in [4.69, 9.17) is 10.5 Å². The Labute approximate surface area is 203 Å². The second kappa shape index (κ2) is 9.66. The molecule has 1 aromatic heterocycles. The molecule has 0 saturated heterocycles. The molecule has 8 nitrogen and oxygen atoms in total. The zero-order valence-corrected chi connectivity index (χ0v) is 19.6. The Morgan fingerprint density at radius 3 is 2.23 bits per heavy atom. The minimum absolute atomic E-state index is 0.212. The summed E-state index contributed by atoms with van der Waals surface area (Å²) in [4.78, 5) is 36.4. The van der Waals surface area contributed by atoms with Crippen molar-refractivity contribution in [2.75, 3.05) is 19.4 Å². The summed E-state index contributed by atoms with van der Waals surface area (Å²) in [5.41, 5.74) is 10.8. The van der Waals surface area contributed by atoms with Crippen molar-refractivity contribution in [3.63, 3.8) is 0 Å². The highest BCUT2D eigenvalue weighted by Gasteiger charge is 2.31. The number of nitrogens with zero attached hydrogens (tertiary/aromatic N) is 4. The lowest BCUT2D eigenvalue weighted by Crippen LogP contribution is -2.24. The maximum Gasteiger partial charge on any atom is 0.261 e. The summed E-state index contributed by atoms with van der Waals surface area (Å²) >= 11 is 0. The molecule has 0 radical (unpaired) electrons. The number of hydrogen-bond donors (Lipinski definition) is 1. The van der Waals surface area contributed by atoms with Crippen LogP contribution >= 0.6 is 0 Å². The van der Waals surface area contributed by atoms with Gasteiger partial charge in [0.15, 0.2) is 11.5 Å². The Balaban J connectivity index is 0.000000178. The van der Waals surface area contributed by atoms with Crippen molar-refractivity contribution < 1.29 is 14.3 Å². The van der Waals surface area contributed by atoms with Crippen LogP contribution in [-0.2, 0) is 0 Å². The van der Waals surface area contributed by atoms with Gasteiger partial charge < -0.3 is 10.5 Å². The smallest absolute Gasteiger partial charge is 0.261 e. The third-order valence-corrected chi connectivity index (χ3v) is 6.73. The zero-order chi connectivity index (χ0) is 24.4. The number of aliphatic imine (C=N–C) groups is 1. The number of rotatable bonds is 2. The van der Waals surface area contributed by atoms with E-state index in [1.54, 1.807) is 24.3 Å². The van der Waals surface area contributed by atoms with Crippen LogP contribution in [0.1, 0.15) is 69.9 Å². The highest BCUT2D eigenvalue weighted by molar-refractivity contribution is 6.21. The first-order chi connectivity index (χ1) is 17.0. The number of amides is 2. The van der Waals surface area contributed by atoms with Crippen LogP contribution in [0.15, 0.2) is 59.9 Å². The number of hydrogen-bond acceptors (Lipinski definition) is 7. The molecule has 2 aromatic carbocycles. The maximum absolute atomic E-state index is 11.3. The van der Waals surface area contributed by atoms with Crippen LogP contribution in [0, 0.1) is 0 Å². The number of nitrogen functional groups attached to an aromatic ring is 1. The fourth-order valence-electron chi connectivity index (χ4n) is 4.73. The molecule has 3 heterocycles. The highest BCUT2D eigenvalue weighted by atomic mass is 16.5. The molecule has 6 rings (SSSR count). The van der Waals surface area contributed by atoms with E-state index in [-0.39, 0.29) is 11.8 Å². The summed E-state index contributed by atoms with van der Waals surface area (Å²) in [6.45, 7) is 0.409. The summed E-state index contributed by atoms with van der Waals surface area (Å²) < 4.78 is 5.66. The van der Waals surface area contributed by atoms with Crippen LogP contribution in [0.3, 0.4) is 0 Å². The Kier molecular flexibility index (Phi) is 6.27. The van der Waals surface area contributed by atoms with E-state index in [0.29, 0.717) is 41.0 Å². The lowest BCUT2D eigenvalue weighted by atomic mass is 9.84. The fourth-order valence-corrected chi connectivity index (χ4v) is 4.73. The van der Waals surface area contributed by atoms with E-state index in [1.165, 1.54) is 51.0 Å². The van der Waals surface area contributed by atoms with E-state index in [9.17, 15) is 9.59 Å². The van der Waals surface area contributed by atoms with Crippen LogP contribution in [0.25, 0.3) is 0 Å². The Morgan fingerprint density at radius 2 is 1.57 bits per heavy atom. The molecular formula is C27H27N5O3. The summed E-state index contributed by atoms with van der Waals surface area (Å²) in [6.07, 6.45) is 8.10. The van der Waals surface area contributed by atoms with Gasteiger partial charge in [0.05, 0.1) is 16.8 Å². The van der Waals surface area contributed by atoms with Gasteiger partial charge in [-0.15, -0.1) is 0 Å². The molecule has 1 saturated carbocycles. The molecule has 0 bridgehead atoms. The number of benzene rings is 2. The summed E-state index contributed by atoms with van der Waals surface area (Å²) in [7, 11) is 1.49. The van der Waals surface area contributed by atoms with Gasteiger partial charge in [-0.1, -0.05) is 55.7 Å². The average Bonchev–Trinajstić information content (AvgIpc) is 3.14. The molecule has 0 spiro atoms. The maximum atomic E-state index is 11.3. The summed E-state index contributed by atoms with van der Waals surface area (Å²) in [5.74, 6) is 1.10. The number of aromatic nitrogens is 2. The van der Waals surface area contributed by atoms with E-state index in [0.717, 1.165) is 16.2 Å². The summed E-state index contributed by atoms with van der Waals surface area (Å²) in [6, 6.07) is 15.6. The van der Waals surface area contributed by atoms with Gasteiger partial charge in [-0.25, -0.2) is 9.98 Å². The van der Waals surface area contributed by atoms with Gasteiger partial charge in [0.25, 0.3) is 11.8 Å². The van der Waals surface area contributed by atoms with Gasteiger partial charge >= 0.3 is 0 Å². The lowest BCUT2D eigenvalue weighted by molar-refractivity contribution is 0.0693. The zero-order valence-electron chi connectivity index (χ0n) is 19.6. The molecule has 8 heteroatoms. The van der Waals surface area contributed by atoms with Crippen LogP contribution in [0.2, 0.25) is 0 Å². The molecule has 3 aliphatic rings. The molecule has 0 atom stereocenters. The van der Waals surface area contributed by atoms with Gasteiger partial charge in [0.1, 0.15) is 12.9 Å². The molecule has 2 N–H and O–H groups in total. The number of fused-ring (bicyclic) bond motifs is 2. The third-order valence-electron chi connectivity index (χ3n) is 6.73. The average molecular weight is 470 g/mol. The third kappa shape index (κ3) is 4.51. The molecular weight excluding hydrogens is 442 g/mol. The van der Waals surface area contributed by atoms with Gasteiger partial charge in [-0.05, 0) is 42.0 Å². The monoisotopic (exact) mass is 469 g/mol. The number of imide groups is 1. The normalized spacial score (nSPS) is 17.1. The van der Waals surface area contributed by atoms with E-state index < -0.39 is 0 Å². The van der Waals surface area contributed by atoms with E-state index >= 15 is 0 Å². The predicted molar refractivity (Wildman–Crippen MR) is 133 cm³/mol. The molecule has 1 aliphatic carbocycles. The fraction of sp³-hybridized carbons (Fsp3) is 0.296. The molecule has 3 aromatic rings. The quantitative estimate of drug-likeness (QED) is 0.552. The predicted octanol–water partition coefficient (Wildman–Crippen LogP) is 4.53. The molecule has 0 unspecified atom stereocenters. The van der Waals surface area contributed by atoms with Crippen LogP contribution < -0.4 is 10.5 Å². The number of carbonyl (C=O) groups is 2. The first-order valence-electron chi connectivity index (χ1n) is 11.9. The van der Waals surface area contributed by atoms with Crippen LogP contribution in [0.5, 0.6) is 5.88 Å². The van der Waals surface area contributed by atoms with Crippen LogP contribution in [-0.4, -0.2) is 46.0 Å².